The summed E-state index contributed by atoms with van der Waals surface area (Å²) in [6.07, 6.45) is 2.13. The van der Waals surface area contributed by atoms with Crippen LogP contribution in [-0.4, -0.2) is 16.1 Å². The molecule has 1 amide bonds. The number of hydrogen-bond donors (Lipinski definition) is 1. The van der Waals surface area contributed by atoms with Crippen molar-refractivity contribution in [1.82, 2.24) is 10.3 Å². The Labute approximate surface area is 130 Å². The summed E-state index contributed by atoms with van der Waals surface area (Å²) in [5.41, 5.74) is 1.90. The van der Waals surface area contributed by atoms with Crippen molar-refractivity contribution in [2.45, 2.75) is 37.0 Å². The van der Waals surface area contributed by atoms with Crippen molar-refractivity contribution in [3.8, 4) is 0 Å². The Morgan fingerprint density at radius 3 is 2.57 bits per heavy atom. The van der Waals surface area contributed by atoms with Crippen molar-refractivity contribution in [2.75, 3.05) is 0 Å². The maximum Gasteiger partial charge on any atom is 0.224 e. The average Bonchev–Trinajstić information content (AvgIpc) is 2.48. The third-order valence-corrected chi connectivity index (χ3v) is 3.87. The highest BCUT2D eigenvalue weighted by Gasteiger charge is 2.04. The van der Waals surface area contributed by atoms with Gasteiger partial charge in [-0.3, -0.25) is 9.78 Å². The fourth-order valence-electron chi connectivity index (χ4n) is 1.90. The van der Waals surface area contributed by atoms with E-state index in [0.717, 1.165) is 11.3 Å². The molecule has 0 saturated carbocycles. The van der Waals surface area contributed by atoms with Crippen LogP contribution in [0, 0.1) is 0 Å². The van der Waals surface area contributed by atoms with Crippen LogP contribution in [0.4, 0.5) is 0 Å². The number of hydrogen-bond acceptors (Lipinski definition) is 3. The molecule has 0 atom stereocenters. The highest BCUT2D eigenvalue weighted by atomic mass is 32.2. The number of carbonyl (C=O) groups excluding carboxylic acids is 1. The molecule has 4 heteroatoms. The standard InChI is InChI=1S/C17H20N2OS/c1-13(2)21-16-8-6-14(7-9-16)11-17(20)19-12-15-5-3-4-10-18-15/h3-10,13H,11-12H2,1-2H3,(H,19,20). The van der Waals surface area contributed by atoms with Crippen molar-refractivity contribution >= 4 is 17.7 Å². The van der Waals surface area contributed by atoms with Gasteiger partial charge in [0.2, 0.25) is 5.91 Å². The minimum atomic E-state index is 0.0184. The van der Waals surface area contributed by atoms with Crippen LogP contribution in [0.25, 0.3) is 0 Å². The molecule has 0 spiro atoms. The fraction of sp³-hybridized carbons (Fsp3) is 0.294. The predicted octanol–water partition coefficient (Wildman–Crippen LogP) is 3.44. The molecular weight excluding hydrogens is 280 g/mol. The summed E-state index contributed by atoms with van der Waals surface area (Å²) in [4.78, 5) is 17.3. The van der Waals surface area contributed by atoms with Crippen molar-refractivity contribution in [3.63, 3.8) is 0 Å². The van der Waals surface area contributed by atoms with Crippen LogP contribution in [-0.2, 0) is 17.8 Å². The fourth-order valence-corrected chi connectivity index (χ4v) is 2.74. The van der Waals surface area contributed by atoms with Crippen molar-refractivity contribution in [1.29, 1.82) is 0 Å². The summed E-state index contributed by atoms with van der Waals surface area (Å²) >= 11 is 1.82. The molecule has 0 bridgehead atoms. The molecule has 21 heavy (non-hydrogen) atoms. The van der Waals surface area contributed by atoms with Gasteiger partial charge in [-0.15, -0.1) is 11.8 Å². The SMILES string of the molecule is CC(C)Sc1ccc(CC(=O)NCc2ccccn2)cc1. The van der Waals surface area contributed by atoms with E-state index in [-0.39, 0.29) is 5.91 Å². The summed E-state index contributed by atoms with van der Waals surface area (Å²) < 4.78 is 0. The number of pyridine rings is 1. The molecule has 1 N–H and O–H groups in total. The Morgan fingerprint density at radius 1 is 1.19 bits per heavy atom. The molecule has 0 radical (unpaired) electrons. The molecule has 0 saturated heterocycles. The average molecular weight is 300 g/mol. The van der Waals surface area contributed by atoms with E-state index in [9.17, 15) is 4.79 Å². The first-order valence-electron chi connectivity index (χ1n) is 7.05. The van der Waals surface area contributed by atoms with E-state index in [4.69, 9.17) is 0 Å². The van der Waals surface area contributed by atoms with E-state index in [1.807, 2.05) is 42.1 Å². The van der Waals surface area contributed by atoms with Crippen LogP contribution < -0.4 is 5.32 Å². The predicted molar refractivity (Wildman–Crippen MR) is 87.2 cm³/mol. The molecule has 1 aromatic carbocycles. The Kier molecular flexibility index (Phi) is 5.81. The highest BCUT2D eigenvalue weighted by Crippen LogP contribution is 2.22. The Balaban J connectivity index is 1.82. The Hall–Kier alpha value is -1.81. The van der Waals surface area contributed by atoms with Gasteiger partial charge in [0.1, 0.15) is 0 Å². The number of aromatic nitrogens is 1. The number of benzene rings is 1. The third kappa shape index (κ3) is 5.60. The second-order valence-corrected chi connectivity index (χ2v) is 6.74. The number of amides is 1. The first-order chi connectivity index (χ1) is 10.1. The topological polar surface area (TPSA) is 42.0 Å². The largest absolute Gasteiger partial charge is 0.350 e. The quantitative estimate of drug-likeness (QED) is 0.831. The van der Waals surface area contributed by atoms with E-state index in [2.05, 4.69) is 36.3 Å². The molecule has 110 valence electrons. The van der Waals surface area contributed by atoms with Gasteiger partial charge in [0, 0.05) is 16.3 Å². The number of rotatable bonds is 6. The molecule has 2 aromatic rings. The second-order valence-electron chi connectivity index (χ2n) is 5.09. The summed E-state index contributed by atoms with van der Waals surface area (Å²) in [5.74, 6) is 0.0184. The molecule has 3 nitrogen and oxygen atoms in total. The van der Waals surface area contributed by atoms with Crippen molar-refractivity contribution < 1.29 is 4.79 Å². The molecule has 0 aliphatic carbocycles. The first kappa shape index (κ1) is 15.6. The van der Waals surface area contributed by atoms with Gasteiger partial charge in [-0.25, -0.2) is 0 Å². The molecular formula is C17H20N2OS. The molecule has 2 rings (SSSR count). The second kappa shape index (κ2) is 7.84. The lowest BCUT2D eigenvalue weighted by molar-refractivity contribution is -0.120. The van der Waals surface area contributed by atoms with E-state index >= 15 is 0 Å². The summed E-state index contributed by atoms with van der Waals surface area (Å²) in [7, 11) is 0. The molecule has 0 unspecified atom stereocenters. The zero-order valence-electron chi connectivity index (χ0n) is 12.4. The maximum atomic E-state index is 11.9. The van der Waals surface area contributed by atoms with E-state index in [1.165, 1.54) is 4.90 Å². The molecule has 0 aliphatic heterocycles. The van der Waals surface area contributed by atoms with E-state index in [0.29, 0.717) is 18.2 Å². The molecule has 0 fully saturated rings. The summed E-state index contributed by atoms with van der Waals surface area (Å²) in [6.45, 7) is 4.81. The van der Waals surface area contributed by atoms with Crippen LogP contribution in [0.5, 0.6) is 0 Å². The maximum absolute atomic E-state index is 11.9. The lowest BCUT2D eigenvalue weighted by atomic mass is 10.1. The van der Waals surface area contributed by atoms with E-state index in [1.54, 1.807) is 6.20 Å². The lowest BCUT2D eigenvalue weighted by Gasteiger charge is -2.07. The van der Waals surface area contributed by atoms with Crippen LogP contribution in [0.15, 0.2) is 53.6 Å². The van der Waals surface area contributed by atoms with Crippen LogP contribution >= 0.6 is 11.8 Å². The normalized spacial score (nSPS) is 10.6. The van der Waals surface area contributed by atoms with Gasteiger partial charge >= 0.3 is 0 Å². The van der Waals surface area contributed by atoms with Gasteiger partial charge in [0.15, 0.2) is 0 Å². The summed E-state index contributed by atoms with van der Waals surface area (Å²) in [5, 5.41) is 3.45. The van der Waals surface area contributed by atoms with Crippen LogP contribution in [0.2, 0.25) is 0 Å². The minimum Gasteiger partial charge on any atom is -0.350 e. The number of carbonyl (C=O) groups is 1. The third-order valence-electron chi connectivity index (χ3n) is 2.85. The molecule has 1 aromatic heterocycles. The van der Waals surface area contributed by atoms with Gasteiger partial charge in [-0.05, 0) is 29.8 Å². The zero-order valence-corrected chi connectivity index (χ0v) is 13.2. The number of nitrogens with zero attached hydrogens (tertiary/aromatic N) is 1. The first-order valence-corrected chi connectivity index (χ1v) is 7.93. The number of thioether (sulfide) groups is 1. The smallest absolute Gasteiger partial charge is 0.224 e. The highest BCUT2D eigenvalue weighted by molar-refractivity contribution is 7.99. The monoisotopic (exact) mass is 300 g/mol. The Morgan fingerprint density at radius 2 is 1.95 bits per heavy atom. The van der Waals surface area contributed by atoms with Crippen molar-refractivity contribution in [2.24, 2.45) is 0 Å². The zero-order chi connectivity index (χ0) is 15.1. The molecule has 1 heterocycles. The van der Waals surface area contributed by atoms with Gasteiger partial charge in [0.05, 0.1) is 18.7 Å². The van der Waals surface area contributed by atoms with Crippen molar-refractivity contribution in [3.05, 3.63) is 59.9 Å². The lowest BCUT2D eigenvalue weighted by Crippen LogP contribution is -2.24. The molecule has 0 aliphatic rings. The number of nitrogens with one attached hydrogen (secondary N) is 1. The van der Waals surface area contributed by atoms with Gasteiger partial charge in [0.25, 0.3) is 0 Å². The minimum absolute atomic E-state index is 0.0184. The van der Waals surface area contributed by atoms with Gasteiger partial charge < -0.3 is 5.32 Å². The van der Waals surface area contributed by atoms with E-state index < -0.39 is 0 Å². The Bertz CT molecular complexity index is 567. The van der Waals surface area contributed by atoms with Gasteiger partial charge in [-0.2, -0.15) is 0 Å². The van der Waals surface area contributed by atoms with Gasteiger partial charge in [-0.1, -0.05) is 32.0 Å². The van der Waals surface area contributed by atoms with Crippen LogP contribution in [0.1, 0.15) is 25.1 Å². The van der Waals surface area contributed by atoms with Crippen LogP contribution in [0.3, 0.4) is 0 Å². The summed E-state index contributed by atoms with van der Waals surface area (Å²) in [6, 6.07) is 13.9.